The first kappa shape index (κ1) is 17.8. The highest BCUT2D eigenvalue weighted by molar-refractivity contribution is 5.94. The number of nitrogens with zero attached hydrogens (tertiary/aromatic N) is 2. The van der Waals surface area contributed by atoms with Crippen LogP contribution in [0.1, 0.15) is 55.7 Å². The van der Waals surface area contributed by atoms with Gasteiger partial charge >= 0.3 is 0 Å². The van der Waals surface area contributed by atoms with Gasteiger partial charge in [0.2, 0.25) is 5.89 Å². The van der Waals surface area contributed by atoms with Crippen LogP contribution in [0.5, 0.6) is 11.5 Å². The van der Waals surface area contributed by atoms with Crippen molar-refractivity contribution in [1.82, 2.24) is 15.5 Å². The fourth-order valence-corrected chi connectivity index (χ4v) is 2.03. The minimum atomic E-state index is -0.241. The molecule has 1 N–H and O–H groups in total. The van der Waals surface area contributed by atoms with Gasteiger partial charge in [0.15, 0.2) is 17.3 Å². The van der Waals surface area contributed by atoms with E-state index in [-0.39, 0.29) is 18.4 Å². The van der Waals surface area contributed by atoms with Crippen molar-refractivity contribution in [2.75, 3.05) is 13.2 Å². The van der Waals surface area contributed by atoms with Crippen molar-refractivity contribution in [2.45, 2.75) is 40.2 Å². The number of hydrogen-bond donors (Lipinski definition) is 1. The Morgan fingerprint density at radius 3 is 2.54 bits per heavy atom. The van der Waals surface area contributed by atoms with E-state index in [1.165, 1.54) is 0 Å². The van der Waals surface area contributed by atoms with Gasteiger partial charge in [0.05, 0.1) is 19.8 Å². The van der Waals surface area contributed by atoms with Crippen molar-refractivity contribution in [1.29, 1.82) is 0 Å². The lowest BCUT2D eigenvalue weighted by molar-refractivity contribution is 0.0949. The normalized spacial score (nSPS) is 10.7. The standard InChI is InChI=1S/C17H23N3O4/c1-5-22-13-8-7-12(9-14(13)23-6-2)16(21)18-10-15-19-17(11(3)4)24-20-15/h7-9,11H,5-6,10H2,1-4H3,(H,18,21). The first-order chi connectivity index (χ1) is 11.5. The van der Waals surface area contributed by atoms with Crippen LogP contribution in [0.3, 0.4) is 0 Å². The first-order valence-corrected chi connectivity index (χ1v) is 8.05. The van der Waals surface area contributed by atoms with Gasteiger partial charge < -0.3 is 19.3 Å². The first-order valence-electron chi connectivity index (χ1n) is 8.05. The third-order valence-electron chi connectivity index (χ3n) is 3.19. The Morgan fingerprint density at radius 1 is 1.21 bits per heavy atom. The monoisotopic (exact) mass is 333 g/mol. The predicted molar refractivity (Wildman–Crippen MR) is 88.3 cm³/mol. The average molecular weight is 333 g/mol. The summed E-state index contributed by atoms with van der Waals surface area (Å²) < 4.78 is 16.1. The average Bonchev–Trinajstić information content (AvgIpc) is 3.04. The van der Waals surface area contributed by atoms with Crippen molar-refractivity contribution in [3.8, 4) is 11.5 Å². The van der Waals surface area contributed by atoms with E-state index < -0.39 is 0 Å². The molecule has 0 aliphatic heterocycles. The number of rotatable bonds is 8. The quantitative estimate of drug-likeness (QED) is 0.799. The van der Waals surface area contributed by atoms with Crippen LogP contribution in [0.15, 0.2) is 22.7 Å². The van der Waals surface area contributed by atoms with E-state index in [0.717, 1.165) is 0 Å². The van der Waals surface area contributed by atoms with Gasteiger partial charge in [-0.15, -0.1) is 0 Å². The number of amides is 1. The van der Waals surface area contributed by atoms with Crippen molar-refractivity contribution in [3.05, 3.63) is 35.5 Å². The van der Waals surface area contributed by atoms with Crippen molar-refractivity contribution < 1.29 is 18.8 Å². The van der Waals surface area contributed by atoms with Gasteiger partial charge in [-0.2, -0.15) is 4.98 Å². The summed E-state index contributed by atoms with van der Waals surface area (Å²) >= 11 is 0. The van der Waals surface area contributed by atoms with E-state index in [0.29, 0.717) is 42.0 Å². The number of hydrogen-bond acceptors (Lipinski definition) is 6. The molecule has 1 aromatic heterocycles. The number of nitrogens with one attached hydrogen (secondary N) is 1. The van der Waals surface area contributed by atoms with Crippen LogP contribution >= 0.6 is 0 Å². The maximum Gasteiger partial charge on any atom is 0.251 e. The van der Waals surface area contributed by atoms with Gasteiger partial charge in [0, 0.05) is 11.5 Å². The molecule has 1 aromatic carbocycles. The molecule has 0 saturated heterocycles. The molecule has 2 aromatic rings. The highest BCUT2D eigenvalue weighted by atomic mass is 16.5. The predicted octanol–water partition coefficient (Wildman–Crippen LogP) is 2.92. The minimum Gasteiger partial charge on any atom is -0.490 e. The number of ether oxygens (including phenoxy) is 2. The van der Waals surface area contributed by atoms with E-state index in [1.54, 1.807) is 18.2 Å². The highest BCUT2D eigenvalue weighted by Gasteiger charge is 2.14. The Hall–Kier alpha value is -2.57. The third-order valence-corrected chi connectivity index (χ3v) is 3.19. The van der Waals surface area contributed by atoms with Gasteiger partial charge in [-0.3, -0.25) is 4.79 Å². The highest BCUT2D eigenvalue weighted by Crippen LogP contribution is 2.28. The fraction of sp³-hybridized carbons (Fsp3) is 0.471. The van der Waals surface area contributed by atoms with Crippen LogP contribution in [-0.4, -0.2) is 29.3 Å². The summed E-state index contributed by atoms with van der Waals surface area (Å²) in [7, 11) is 0. The van der Waals surface area contributed by atoms with Gasteiger partial charge in [0.1, 0.15) is 0 Å². The number of aromatic nitrogens is 2. The molecule has 130 valence electrons. The summed E-state index contributed by atoms with van der Waals surface area (Å²) in [6, 6.07) is 5.09. The van der Waals surface area contributed by atoms with Gasteiger partial charge in [0.25, 0.3) is 5.91 Å². The molecule has 0 atom stereocenters. The summed E-state index contributed by atoms with van der Waals surface area (Å²) in [4.78, 5) is 16.5. The van der Waals surface area contributed by atoms with E-state index in [4.69, 9.17) is 14.0 Å². The van der Waals surface area contributed by atoms with E-state index in [1.807, 2.05) is 27.7 Å². The van der Waals surface area contributed by atoms with Crippen LogP contribution in [0.2, 0.25) is 0 Å². The van der Waals surface area contributed by atoms with Gasteiger partial charge in [-0.1, -0.05) is 19.0 Å². The zero-order valence-electron chi connectivity index (χ0n) is 14.5. The topological polar surface area (TPSA) is 86.5 Å². The largest absolute Gasteiger partial charge is 0.490 e. The maximum absolute atomic E-state index is 12.3. The maximum atomic E-state index is 12.3. The summed E-state index contributed by atoms with van der Waals surface area (Å²) in [6.45, 7) is 8.92. The van der Waals surface area contributed by atoms with Crippen molar-refractivity contribution in [2.24, 2.45) is 0 Å². The molecule has 0 unspecified atom stereocenters. The zero-order chi connectivity index (χ0) is 17.5. The smallest absolute Gasteiger partial charge is 0.251 e. The number of carbonyl (C=O) groups is 1. The summed E-state index contributed by atoms with van der Waals surface area (Å²) in [5, 5.41) is 6.61. The van der Waals surface area contributed by atoms with Crippen LogP contribution in [0, 0.1) is 0 Å². The SMILES string of the molecule is CCOc1ccc(C(=O)NCc2noc(C(C)C)n2)cc1OCC. The molecule has 7 heteroatoms. The van der Waals surface area contributed by atoms with Crippen LogP contribution in [0.4, 0.5) is 0 Å². The Bertz CT molecular complexity index is 682. The van der Waals surface area contributed by atoms with Gasteiger partial charge in [-0.25, -0.2) is 0 Å². The second-order valence-corrected chi connectivity index (χ2v) is 5.41. The van der Waals surface area contributed by atoms with Crippen LogP contribution in [0.25, 0.3) is 0 Å². The Morgan fingerprint density at radius 2 is 1.92 bits per heavy atom. The molecule has 24 heavy (non-hydrogen) atoms. The molecule has 0 fully saturated rings. The lowest BCUT2D eigenvalue weighted by Crippen LogP contribution is -2.23. The fourth-order valence-electron chi connectivity index (χ4n) is 2.03. The third kappa shape index (κ3) is 4.47. The lowest BCUT2D eigenvalue weighted by Gasteiger charge is -2.12. The molecule has 0 radical (unpaired) electrons. The molecule has 0 bridgehead atoms. The summed E-state index contributed by atoms with van der Waals surface area (Å²) in [6.07, 6.45) is 0. The molecule has 0 aliphatic carbocycles. The molecule has 0 aliphatic rings. The second-order valence-electron chi connectivity index (χ2n) is 5.41. The Kier molecular flexibility index (Phi) is 6.17. The Balaban J connectivity index is 2.04. The lowest BCUT2D eigenvalue weighted by atomic mass is 10.2. The van der Waals surface area contributed by atoms with E-state index >= 15 is 0 Å². The molecule has 1 amide bonds. The molecular formula is C17H23N3O4. The van der Waals surface area contributed by atoms with Crippen LogP contribution in [-0.2, 0) is 6.54 Å². The molecule has 0 spiro atoms. The van der Waals surface area contributed by atoms with E-state index in [9.17, 15) is 4.79 Å². The summed E-state index contributed by atoms with van der Waals surface area (Å²) in [5.41, 5.74) is 0.481. The van der Waals surface area contributed by atoms with Crippen LogP contribution < -0.4 is 14.8 Å². The molecular weight excluding hydrogens is 310 g/mol. The molecule has 0 saturated carbocycles. The summed E-state index contributed by atoms with van der Waals surface area (Å²) in [5.74, 6) is 2.09. The minimum absolute atomic E-state index is 0.154. The molecule has 2 rings (SSSR count). The van der Waals surface area contributed by atoms with Crippen molar-refractivity contribution >= 4 is 5.91 Å². The zero-order valence-corrected chi connectivity index (χ0v) is 14.5. The second kappa shape index (κ2) is 8.33. The van der Waals surface area contributed by atoms with E-state index in [2.05, 4.69) is 15.5 Å². The van der Waals surface area contributed by atoms with Crippen molar-refractivity contribution in [3.63, 3.8) is 0 Å². The Labute approximate surface area is 141 Å². The molecule has 1 heterocycles. The van der Waals surface area contributed by atoms with Gasteiger partial charge in [-0.05, 0) is 32.0 Å². The molecule has 7 nitrogen and oxygen atoms in total. The number of carbonyl (C=O) groups excluding carboxylic acids is 1. The number of benzene rings is 1.